The summed E-state index contributed by atoms with van der Waals surface area (Å²) in [5, 5.41) is 9.12. The molecule has 0 radical (unpaired) electrons. The fraction of sp³-hybridized carbons (Fsp3) is 0.429. The first kappa shape index (κ1) is 11.3. The number of nitrogens with zero attached hydrogens (tertiary/aromatic N) is 1. The van der Waals surface area contributed by atoms with Crippen LogP contribution < -0.4 is 0 Å². The average Bonchev–Trinajstić information content (AvgIpc) is 3.16. The van der Waals surface area contributed by atoms with Gasteiger partial charge in [0.25, 0.3) is 5.91 Å². The molecule has 0 spiro atoms. The second kappa shape index (κ2) is 4.12. The number of aromatic carboxylic acids is 1. The van der Waals surface area contributed by atoms with Crippen molar-refractivity contribution in [2.75, 3.05) is 6.54 Å². The molecule has 4 nitrogen and oxygen atoms in total. The topological polar surface area (TPSA) is 57.6 Å². The summed E-state index contributed by atoms with van der Waals surface area (Å²) in [6.07, 6.45) is 3.32. The maximum Gasteiger partial charge on any atom is 0.336 e. The van der Waals surface area contributed by atoms with Crippen LogP contribution in [0, 0.1) is 5.92 Å². The monoisotopic (exact) mass is 245 g/mol. The highest BCUT2D eigenvalue weighted by atomic mass is 16.4. The number of carbonyl (C=O) groups is 2. The zero-order valence-corrected chi connectivity index (χ0v) is 10.0. The molecule has 1 saturated heterocycles. The molecule has 4 heteroatoms. The van der Waals surface area contributed by atoms with Crippen LogP contribution >= 0.6 is 0 Å². The molecule has 0 aromatic heterocycles. The van der Waals surface area contributed by atoms with Crippen molar-refractivity contribution in [1.29, 1.82) is 0 Å². The minimum Gasteiger partial charge on any atom is -0.478 e. The first-order chi connectivity index (χ1) is 8.68. The number of benzene rings is 1. The Balaban J connectivity index is 1.90. The molecule has 2 unspecified atom stereocenters. The van der Waals surface area contributed by atoms with E-state index in [1.54, 1.807) is 18.2 Å². The van der Waals surface area contributed by atoms with Crippen LogP contribution in [0.1, 0.15) is 40.0 Å². The van der Waals surface area contributed by atoms with Crippen LogP contribution in [0.25, 0.3) is 0 Å². The van der Waals surface area contributed by atoms with E-state index in [9.17, 15) is 9.59 Å². The van der Waals surface area contributed by atoms with E-state index < -0.39 is 5.97 Å². The maximum absolute atomic E-state index is 12.4. The Labute approximate surface area is 105 Å². The molecule has 2 atom stereocenters. The third-order valence-corrected chi connectivity index (χ3v) is 3.91. The number of carbonyl (C=O) groups excluding carboxylic acids is 1. The minimum atomic E-state index is -1.04. The third kappa shape index (κ3) is 1.78. The van der Waals surface area contributed by atoms with Gasteiger partial charge in [0.1, 0.15) is 0 Å². The summed E-state index contributed by atoms with van der Waals surface area (Å²) in [6, 6.07) is 6.82. The Hall–Kier alpha value is -1.84. The quantitative estimate of drug-likeness (QED) is 0.867. The van der Waals surface area contributed by atoms with Crippen molar-refractivity contribution in [3.63, 3.8) is 0 Å². The van der Waals surface area contributed by atoms with Gasteiger partial charge < -0.3 is 10.0 Å². The van der Waals surface area contributed by atoms with Gasteiger partial charge in [0, 0.05) is 12.6 Å². The highest BCUT2D eigenvalue weighted by molar-refractivity contribution is 6.05. The normalized spacial score (nSPS) is 25.4. The van der Waals surface area contributed by atoms with E-state index >= 15 is 0 Å². The largest absolute Gasteiger partial charge is 0.478 e. The third-order valence-electron chi connectivity index (χ3n) is 3.91. The number of carboxylic acids is 1. The molecular weight excluding hydrogens is 230 g/mol. The number of piperidine rings is 1. The zero-order valence-electron chi connectivity index (χ0n) is 10.0. The van der Waals surface area contributed by atoms with Crippen LogP contribution in [0.3, 0.4) is 0 Å². The van der Waals surface area contributed by atoms with Gasteiger partial charge in [-0.05, 0) is 37.3 Å². The molecule has 1 N–H and O–H groups in total. The van der Waals surface area contributed by atoms with Crippen LogP contribution in [0.2, 0.25) is 0 Å². The smallest absolute Gasteiger partial charge is 0.336 e. The van der Waals surface area contributed by atoms with Crippen LogP contribution in [0.4, 0.5) is 0 Å². The maximum atomic E-state index is 12.4. The van der Waals surface area contributed by atoms with Crippen molar-refractivity contribution in [3.05, 3.63) is 35.4 Å². The van der Waals surface area contributed by atoms with Crippen molar-refractivity contribution >= 4 is 11.9 Å². The lowest BCUT2D eigenvalue weighted by molar-refractivity contribution is 0.0659. The van der Waals surface area contributed by atoms with Crippen LogP contribution in [0.5, 0.6) is 0 Å². The summed E-state index contributed by atoms with van der Waals surface area (Å²) in [6.45, 7) is 0.758. The number of hydrogen-bond donors (Lipinski definition) is 1. The van der Waals surface area contributed by atoms with Crippen molar-refractivity contribution < 1.29 is 14.7 Å². The fourth-order valence-electron chi connectivity index (χ4n) is 2.88. The molecule has 18 heavy (non-hydrogen) atoms. The van der Waals surface area contributed by atoms with Gasteiger partial charge >= 0.3 is 5.97 Å². The van der Waals surface area contributed by atoms with Gasteiger partial charge in [0.15, 0.2) is 0 Å². The summed E-state index contributed by atoms with van der Waals surface area (Å²) in [4.78, 5) is 25.4. The molecule has 1 heterocycles. The Morgan fingerprint density at radius 2 is 1.94 bits per heavy atom. The summed E-state index contributed by atoms with van der Waals surface area (Å²) >= 11 is 0. The lowest BCUT2D eigenvalue weighted by Crippen LogP contribution is -2.38. The number of carboxylic acid groups (broad SMARTS) is 1. The van der Waals surface area contributed by atoms with E-state index in [0.29, 0.717) is 17.5 Å². The number of hydrogen-bond acceptors (Lipinski definition) is 2. The minimum absolute atomic E-state index is 0.102. The van der Waals surface area contributed by atoms with E-state index in [0.717, 1.165) is 19.4 Å². The van der Waals surface area contributed by atoms with Gasteiger partial charge in [-0.2, -0.15) is 0 Å². The van der Waals surface area contributed by atoms with Crippen molar-refractivity contribution in [3.8, 4) is 0 Å². The van der Waals surface area contributed by atoms with E-state index in [1.807, 2.05) is 4.90 Å². The van der Waals surface area contributed by atoms with Crippen molar-refractivity contribution in [1.82, 2.24) is 4.90 Å². The number of rotatable bonds is 2. The Morgan fingerprint density at radius 3 is 2.67 bits per heavy atom. The zero-order chi connectivity index (χ0) is 12.7. The lowest BCUT2D eigenvalue weighted by atomic mass is 10.0. The number of fused-ring (bicyclic) bond motifs is 1. The van der Waals surface area contributed by atoms with Gasteiger partial charge in [-0.3, -0.25) is 4.79 Å². The van der Waals surface area contributed by atoms with Crippen LogP contribution in [0.15, 0.2) is 24.3 Å². The van der Waals surface area contributed by atoms with Gasteiger partial charge in [-0.1, -0.05) is 12.1 Å². The lowest BCUT2D eigenvalue weighted by Gasteiger charge is -2.27. The van der Waals surface area contributed by atoms with Crippen LogP contribution in [-0.4, -0.2) is 34.5 Å². The number of amides is 1. The van der Waals surface area contributed by atoms with E-state index in [2.05, 4.69) is 0 Å². The predicted octanol–water partition coefficient (Wildman–Crippen LogP) is 2.01. The molecule has 3 rings (SSSR count). The Kier molecular flexibility index (Phi) is 2.58. The van der Waals surface area contributed by atoms with Gasteiger partial charge in [0.2, 0.25) is 0 Å². The Bertz CT molecular complexity index is 512. The molecule has 1 aliphatic carbocycles. The summed E-state index contributed by atoms with van der Waals surface area (Å²) in [5.74, 6) is -0.511. The molecule has 1 saturated carbocycles. The molecule has 1 aromatic rings. The molecule has 2 fully saturated rings. The van der Waals surface area contributed by atoms with Crippen molar-refractivity contribution in [2.24, 2.45) is 5.92 Å². The standard InChI is InChI=1S/C14H15NO3/c16-13(15-7-3-4-9-8-12(9)15)10-5-1-2-6-11(10)14(17)18/h1-2,5-6,9,12H,3-4,7-8H2,(H,17,18). The fourth-order valence-corrected chi connectivity index (χ4v) is 2.88. The molecule has 1 aliphatic heterocycles. The molecule has 1 amide bonds. The molecule has 2 aliphatic rings. The van der Waals surface area contributed by atoms with Crippen molar-refractivity contribution in [2.45, 2.75) is 25.3 Å². The summed E-state index contributed by atoms with van der Waals surface area (Å²) in [5.41, 5.74) is 0.419. The Morgan fingerprint density at radius 1 is 1.22 bits per heavy atom. The first-order valence-corrected chi connectivity index (χ1v) is 6.32. The highest BCUT2D eigenvalue weighted by Gasteiger charge is 2.46. The van der Waals surface area contributed by atoms with E-state index in [4.69, 9.17) is 5.11 Å². The average molecular weight is 245 g/mol. The van der Waals surface area contributed by atoms with E-state index in [1.165, 1.54) is 12.5 Å². The molecule has 94 valence electrons. The highest BCUT2D eigenvalue weighted by Crippen LogP contribution is 2.43. The summed E-state index contributed by atoms with van der Waals surface area (Å²) in [7, 11) is 0. The molecular formula is C14H15NO3. The SMILES string of the molecule is O=C(O)c1ccccc1C(=O)N1CCCC2CC21. The summed E-state index contributed by atoms with van der Waals surface area (Å²) < 4.78 is 0. The second-order valence-corrected chi connectivity index (χ2v) is 5.05. The van der Waals surface area contributed by atoms with Gasteiger partial charge in [-0.15, -0.1) is 0 Å². The predicted molar refractivity (Wildman–Crippen MR) is 65.6 cm³/mol. The first-order valence-electron chi connectivity index (χ1n) is 6.32. The molecule has 0 bridgehead atoms. The molecule has 1 aromatic carbocycles. The van der Waals surface area contributed by atoms with Crippen LogP contribution in [-0.2, 0) is 0 Å². The number of likely N-dealkylation sites (tertiary alicyclic amines) is 1. The second-order valence-electron chi connectivity index (χ2n) is 5.05. The van der Waals surface area contributed by atoms with Gasteiger partial charge in [-0.25, -0.2) is 4.79 Å². The van der Waals surface area contributed by atoms with E-state index in [-0.39, 0.29) is 11.5 Å². The van der Waals surface area contributed by atoms with Gasteiger partial charge in [0.05, 0.1) is 11.1 Å².